The van der Waals surface area contributed by atoms with Gasteiger partial charge in [-0.2, -0.15) is 0 Å². The summed E-state index contributed by atoms with van der Waals surface area (Å²) in [6.45, 7) is 2.30. The summed E-state index contributed by atoms with van der Waals surface area (Å²) >= 11 is 1.46. The van der Waals surface area contributed by atoms with Gasteiger partial charge in [-0.05, 0) is 12.5 Å². The van der Waals surface area contributed by atoms with Crippen LogP contribution in [0.15, 0.2) is 10.3 Å². The largest absolute Gasteiger partial charge is 0.262 e. The van der Waals surface area contributed by atoms with E-state index in [2.05, 4.69) is 25.2 Å². The molecular weight excluding hydrogens is 176 g/mol. The lowest BCUT2D eigenvalue weighted by Crippen LogP contribution is -1.84. The molecular formula is C5H8N6S. The lowest BCUT2D eigenvalue weighted by molar-refractivity contribution is 0.967. The van der Waals surface area contributed by atoms with Crippen LogP contribution in [0.5, 0.6) is 0 Å². The van der Waals surface area contributed by atoms with Crippen molar-refractivity contribution in [1.82, 2.24) is 15.2 Å². The van der Waals surface area contributed by atoms with Gasteiger partial charge in [-0.3, -0.25) is 5.10 Å². The van der Waals surface area contributed by atoms with Crippen LogP contribution in [0.3, 0.4) is 0 Å². The van der Waals surface area contributed by atoms with Crippen LogP contribution >= 0.6 is 11.8 Å². The molecule has 0 spiro atoms. The van der Waals surface area contributed by atoms with Crippen LogP contribution in [0, 0.1) is 6.92 Å². The number of thioether (sulfide) groups is 1. The minimum absolute atomic E-state index is 0.467. The topological polar surface area (TPSA) is 90.3 Å². The molecule has 7 heteroatoms. The number of hydrogen-bond donors (Lipinski definition) is 1. The highest BCUT2D eigenvalue weighted by molar-refractivity contribution is 7.99. The Kier molecular flexibility index (Phi) is 3.43. The normalized spacial score (nSPS) is 9.42. The van der Waals surface area contributed by atoms with Crippen molar-refractivity contribution in [1.29, 1.82) is 0 Å². The molecule has 64 valence electrons. The molecule has 0 saturated carbocycles. The zero-order chi connectivity index (χ0) is 8.81. The van der Waals surface area contributed by atoms with E-state index < -0.39 is 0 Å². The third-order valence-corrected chi connectivity index (χ3v) is 1.89. The molecule has 0 aliphatic rings. The molecule has 0 aliphatic heterocycles. The predicted octanol–water partition coefficient (Wildman–Crippen LogP) is 1.52. The zero-order valence-electron chi connectivity index (χ0n) is 6.56. The number of H-pyrrole nitrogens is 1. The van der Waals surface area contributed by atoms with Gasteiger partial charge in [-0.25, -0.2) is 4.98 Å². The summed E-state index contributed by atoms with van der Waals surface area (Å²) < 4.78 is 0. The van der Waals surface area contributed by atoms with E-state index in [1.807, 2.05) is 6.92 Å². The first-order valence-corrected chi connectivity index (χ1v) is 4.34. The Morgan fingerprint density at radius 3 is 3.17 bits per heavy atom. The number of azide groups is 1. The van der Waals surface area contributed by atoms with Crippen molar-refractivity contribution < 1.29 is 0 Å². The molecule has 12 heavy (non-hydrogen) atoms. The standard InChI is InChI=1S/C5H8N6S/c1-4-8-5(10-9-4)12-3-2-7-11-6/h2-3H2,1H3,(H,8,9,10). The Morgan fingerprint density at radius 1 is 1.75 bits per heavy atom. The molecule has 0 bridgehead atoms. The van der Waals surface area contributed by atoms with Crippen molar-refractivity contribution in [3.63, 3.8) is 0 Å². The van der Waals surface area contributed by atoms with Gasteiger partial charge in [0, 0.05) is 17.2 Å². The minimum atomic E-state index is 0.467. The van der Waals surface area contributed by atoms with Crippen molar-refractivity contribution in [2.45, 2.75) is 12.1 Å². The summed E-state index contributed by atoms with van der Waals surface area (Å²) in [5, 5.41) is 10.7. The number of aryl methyl sites for hydroxylation is 1. The maximum atomic E-state index is 7.98. The second-order valence-electron chi connectivity index (χ2n) is 2.01. The highest BCUT2D eigenvalue weighted by atomic mass is 32.2. The lowest BCUT2D eigenvalue weighted by Gasteiger charge is -1.88. The van der Waals surface area contributed by atoms with E-state index in [0.717, 1.165) is 5.82 Å². The van der Waals surface area contributed by atoms with E-state index in [4.69, 9.17) is 5.53 Å². The zero-order valence-corrected chi connectivity index (χ0v) is 7.38. The summed E-state index contributed by atoms with van der Waals surface area (Å²) in [5.74, 6) is 1.50. The summed E-state index contributed by atoms with van der Waals surface area (Å²) in [6, 6.07) is 0. The molecule has 0 saturated heterocycles. The first kappa shape index (κ1) is 8.89. The smallest absolute Gasteiger partial charge is 0.208 e. The fraction of sp³-hybridized carbons (Fsp3) is 0.600. The van der Waals surface area contributed by atoms with Gasteiger partial charge in [0.25, 0.3) is 0 Å². The number of aromatic amines is 1. The van der Waals surface area contributed by atoms with Crippen LogP contribution in [-0.2, 0) is 0 Å². The monoisotopic (exact) mass is 184 g/mol. The van der Waals surface area contributed by atoms with Crippen LogP contribution in [0.25, 0.3) is 10.4 Å². The van der Waals surface area contributed by atoms with E-state index in [1.165, 1.54) is 11.8 Å². The quantitative estimate of drug-likeness (QED) is 0.253. The molecule has 0 radical (unpaired) electrons. The van der Waals surface area contributed by atoms with Crippen molar-refractivity contribution in [2.24, 2.45) is 5.11 Å². The van der Waals surface area contributed by atoms with E-state index in [9.17, 15) is 0 Å². The van der Waals surface area contributed by atoms with E-state index in [-0.39, 0.29) is 0 Å². The van der Waals surface area contributed by atoms with Crippen LogP contribution in [0.2, 0.25) is 0 Å². The number of rotatable bonds is 4. The maximum Gasteiger partial charge on any atom is 0.208 e. The van der Waals surface area contributed by atoms with Crippen molar-refractivity contribution in [2.75, 3.05) is 12.3 Å². The molecule has 0 atom stereocenters. The third-order valence-electron chi connectivity index (χ3n) is 1.06. The Balaban J connectivity index is 2.28. The average molecular weight is 184 g/mol. The molecule has 1 aromatic heterocycles. The lowest BCUT2D eigenvalue weighted by atomic mass is 10.8. The summed E-state index contributed by atoms with van der Waals surface area (Å²) in [7, 11) is 0. The first-order valence-electron chi connectivity index (χ1n) is 3.35. The molecule has 6 nitrogen and oxygen atoms in total. The summed E-state index contributed by atoms with van der Waals surface area (Å²) in [4.78, 5) is 6.70. The molecule has 1 aromatic rings. The summed E-state index contributed by atoms with van der Waals surface area (Å²) in [6.07, 6.45) is 0. The highest BCUT2D eigenvalue weighted by Crippen LogP contribution is 2.10. The molecule has 0 amide bonds. The number of aromatic nitrogens is 3. The van der Waals surface area contributed by atoms with E-state index in [1.54, 1.807) is 0 Å². The van der Waals surface area contributed by atoms with Gasteiger partial charge in [0.15, 0.2) is 0 Å². The fourth-order valence-electron chi connectivity index (χ4n) is 0.609. The van der Waals surface area contributed by atoms with Crippen LogP contribution in [0.1, 0.15) is 5.82 Å². The Bertz CT molecular complexity index is 288. The van der Waals surface area contributed by atoms with Gasteiger partial charge in [-0.15, -0.1) is 5.10 Å². The number of hydrogen-bond acceptors (Lipinski definition) is 4. The fourth-order valence-corrected chi connectivity index (χ4v) is 1.28. The molecule has 1 rings (SSSR count). The van der Waals surface area contributed by atoms with Gasteiger partial charge >= 0.3 is 0 Å². The molecule has 1 N–H and O–H groups in total. The first-order chi connectivity index (χ1) is 5.83. The van der Waals surface area contributed by atoms with Gasteiger partial charge in [0.1, 0.15) is 5.82 Å². The molecule has 0 aliphatic carbocycles. The van der Waals surface area contributed by atoms with Crippen LogP contribution in [0.4, 0.5) is 0 Å². The highest BCUT2D eigenvalue weighted by Gasteiger charge is 1.98. The Labute approximate surface area is 73.4 Å². The SMILES string of the molecule is Cc1nc(SCCN=[N+]=[N-])n[nH]1. The van der Waals surface area contributed by atoms with E-state index >= 15 is 0 Å². The minimum Gasteiger partial charge on any atom is -0.262 e. The second-order valence-corrected chi connectivity index (χ2v) is 3.07. The van der Waals surface area contributed by atoms with Crippen LogP contribution in [-0.4, -0.2) is 27.5 Å². The average Bonchev–Trinajstić information content (AvgIpc) is 2.45. The van der Waals surface area contributed by atoms with Crippen LogP contribution < -0.4 is 0 Å². The third kappa shape index (κ3) is 2.81. The van der Waals surface area contributed by atoms with Crippen molar-refractivity contribution in [3.8, 4) is 0 Å². The predicted molar refractivity (Wildman–Crippen MR) is 45.9 cm³/mol. The second kappa shape index (κ2) is 4.63. The number of nitrogens with zero attached hydrogens (tertiary/aromatic N) is 5. The maximum absolute atomic E-state index is 7.98. The summed E-state index contributed by atoms with van der Waals surface area (Å²) in [5.41, 5.74) is 7.98. The molecule has 0 fully saturated rings. The van der Waals surface area contributed by atoms with Gasteiger partial charge in [0.05, 0.1) is 0 Å². The van der Waals surface area contributed by atoms with E-state index in [0.29, 0.717) is 17.5 Å². The van der Waals surface area contributed by atoms with Gasteiger partial charge in [0.2, 0.25) is 5.16 Å². The van der Waals surface area contributed by atoms with Crippen molar-refractivity contribution >= 4 is 11.8 Å². The molecule has 1 heterocycles. The Morgan fingerprint density at radius 2 is 2.58 bits per heavy atom. The van der Waals surface area contributed by atoms with Gasteiger partial charge < -0.3 is 0 Å². The Hall–Kier alpha value is -1.20. The number of nitrogens with one attached hydrogen (secondary N) is 1. The van der Waals surface area contributed by atoms with Crippen molar-refractivity contribution in [3.05, 3.63) is 16.3 Å². The molecule has 0 aromatic carbocycles. The molecule has 0 unspecified atom stereocenters. The van der Waals surface area contributed by atoms with Gasteiger partial charge in [-0.1, -0.05) is 16.9 Å².